The third-order valence-electron chi connectivity index (χ3n) is 5.72. The van der Waals surface area contributed by atoms with Crippen LogP contribution in [0.15, 0.2) is 65.4 Å². The van der Waals surface area contributed by atoms with E-state index >= 15 is 0 Å². The van der Waals surface area contributed by atoms with Crippen LogP contribution in [0.5, 0.6) is 0 Å². The minimum atomic E-state index is -0.662. The summed E-state index contributed by atoms with van der Waals surface area (Å²) < 4.78 is 7.82. The molecule has 30 heavy (non-hydrogen) atoms. The molecule has 1 aliphatic carbocycles. The Balaban J connectivity index is 1.58. The van der Waals surface area contributed by atoms with Crippen molar-refractivity contribution in [1.29, 1.82) is 0 Å². The van der Waals surface area contributed by atoms with Crippen LogP contribution >= 0.6 is 11.6 Å². The van der Waals surface area contributed by atoms with E-state index in [0.717, 1.165) is 29.9 Å². The van der Waals surface area contributed by atoms with E-state index in [2.05, 4.69) is 4.57 Å². The van der Waals surface area contributed by atoms with Gasteiger partial charge in [-0.05, 0) is 56.2 Å². The fourth-order valence-electron chi connectivity index (χ4n) is 4.20. The minimum absolute atomic E-state index is 0.00713. The summed E-state index contributed by atoms with van der Waals surface area (Å²) in [5.74, 6) is 0.317. The Morgan fingerprint density at radius 3 is 2.57 bits per heavy atom. The molecule has 2 atom stereocenters. The van der Waals surface area contributed by atoms with E-state index in [4.69, 9.17) is 16.0 Å². The van der Waals surface area contributed by atoms with Crippen LogP contribution in [0.4, 0.5) is 5.69 Å². The van der Waals surface area contributed by atoms with Crippen LogP contribution < -0.4 is 4.90 Å². The van der Waals surface area contributed by atoms with Gasteiger partial charge in [0.1, 0.15) is 23.7 Å². The number of carbonyl (C=O) groups excluding carboxylic acids is 2. The highest BCUT2D eigenvalue weighted by atomic mass is 35.5. The number of alkyl halides is 1. The smallest absolute Gasteiger partial charge is 0.247 e. The number of furan rings is 1. The highest BCUT2D eigenvalue weighted by molar-refractivity contribution is 6.30. The van der Waals surface area contributed by atoms with Crippen LogP contribution in [-0.4, -0.2) is 39.2 Å². The number of nitrogens with zero attached hydrogens (tertiary/aromatic N) is 3. The lowest BCUT2D eigenvalue weighted by Crippen LogP contribution is -2.48. The van der Waals surface area contributed by atoms with Gasteiger partial charge < -0.3 is 13.9 Å². The van der Waals surface area contributed by atoms with Crippen molar-refractivity contribution >= 4 is 29.1 Å². The van der Waals surface area contributed by atoms with Crippen LogP contribution in [0.3, 0.4) is 0 Å². The molecular formula is C23H22ClN3O3. The first kappa shape index (κ1) is 19.0. The molecule has 1 aromatic carbocycles. The van der Waals surface area contributed by atoms with Crippen LogP contribution in [0.25, 0.3) is 5.69 Å². The van der Waals surface area contributed by atoms with Gasteiger partial charge in [-0.15, -0.1) is 11.6 Å². The second-order valence-corrected chi connectivity index (χ2v) is 8.44. The maximum atomic E-state index is 13.7. The van der Waals surface area contributed by atoms with Crippen molar-refractivity contribution < 1.29 is 14.0 Å². The summed E-state index contributed by atoms with van der Waals surface area (Å²) >= 11 is 6.07. The van der Waals surface area contributed by atoms with Gasteiger partial charge in [-0.3, -0.25) is 14.5 Å². The molecule has 154 valence electrons. The Morgan fingerprint density at radius 1 is 1.13 bits per heavy atom. The molecular weight excluding hydrogens is 402 g/mol. The number of hydrogen-bond acceptors (Lipinski definition) is 3. The van der Waals surface area contributed by atoms with Gasteiger partial charge in [0.25, 0.3) is 0 Å². The third kappa shape index (κ3) is 3.12. The summed E-state index contributed by atoms with van der Waals surface area (Å²) in [6.45, 7) is 1.64. The van der Waals surface area contributed by atoms with Crippen molar-refractivity contribution in [1.82, 2.24) is 9.47 Å². The monoisotopic (exact) mass is 423 g/mol. The summed E-state index contributed by atoms with van der Waals surface area (Å²) in [5, 5.41) is -0.662. The maximum Gasteiger partial charge on any atom is 0.247 e. The molecule has 2 aromatic heterocycles. The van der Waals surface area contributed by atoms with E-state index in [-0.39, 0.29) is 24.4 Å². The molecule has 5 rings (SSSR count). The number of anilines is 1. The molecule has 0 radical (unpaired) electrons. The molecule has 1 saturated carbocycles. The highest BCUT2D eigenvalue weighted by Crippen LogP contribution is 2.42. The topological polar surface area (TPSA) is 58.7 Å². The van der Waals surface area contributed by atoms with Crippen molar-refractivity contribution in [3.63, 3.8) is 0 Å². The fraction of sp³-hybridized carbons (Fsp3) is 0.304. The molecule has 0 saturated heterocycles. The summed E-state index contributed by atoms with van der Waals surface area (Å²) in [4.78, 5) is 29.8. The molecule has 6 nitrogen and oxygen atoms in total. The van der Waals surface area contributed by atoms with Crippen LogP contribution in [0.2, 0.25) is 0 Å². The molecule has 2 aliphatic rings. The number of para-hydroxylation sites is 2. The van der Waals surface area contributed by atoms with Crippen molar-refractivity contribution in [3.8, 4) is 5.69 Å². The lowest BCUT2D eigenvalue weighted by molar-refractivity contribution is -0.135. The number of fused-ring (bicyclic) bond motifs is 3. The Hall–Kier alpha value is -2.99. The van der Waals surface area contributed by atoms with Crippen molar-refractivity contribution in [2.45, 2.75) is 37.2 Å². The summed E-state index contributed by atoms with van der Waals surface area (Å²) in [6.07, 6.45) is 5.41. The van der Waals surface area contributed by atoms with Crippen LogP contribution in [-0.2, 0) is 9.59 Å². The summed E-state index contributed by atoms with van der Waals surface area (Å²) in [5.41, 5.74) is 2.64. The number of hydrogen-bond donors (Lipinski definition) is 0. The first-order chi connectivity index (χ1) is 14.6. The van der Waals surface area contributed by atoms with Gasteiger partial charge in [-0.2, -0.15) is 0 Å². The Kier molecular flexibility index (Phi) is 4.66. The zero-order valence-electron chi connectivity index (χ0n) is 16.6. The van der Waals surface area contributed by atoms with Gasteiger partial charge in [0, 0.05) is 12.2 Å². The van der Waals surface area contributed by atoms with Crippen molar-refractivity contribution in [2.75, 3.05) is 11.4 Å². The number of benzene rings is 1. The number of rotatable bonds is 5. The van der Waals surface area contributed by atoms with Gasteiger partial charge in [0.15, 0.2) is 0 Å². The number of carbonyl (C=O) groups is 2. The molecule has 0 N–H and O–H groups in total. The van der Waals surface area contributed by atoms with Crippen molar-refractivity contribution in [3.05, 3.63) is 72.4 Å². The highest BCUT2D eigenvalue weighted by Gasteiger charge is 2.41. The molecule has 0 spiro atoms. The van der Waals surface area contributed by atoms with Crippen LogP contribution in [0, 0.1) is 0 Å². The Labute approximate surface area is 179 Å². The zero-order valence-corrected chi connectivity index (χ0v) is 17.3. The average Bonchev–Trinajstić information content (AvgIpc) is 3.23. The quantitative estimate of drug-likeness (QED) is 0.580. The molecule has 3 heterocycles. The van der Waals surface area contributed by atoms with Gasteiger partial charge in [-0.1, -0.05) is 12.1 Å². The van der Waals surface area contributed by atoms with E-state index in [1.165, 1.54) is 0 Å². The van der Waals surface area contributed by atoms with Gasteiger partial charge in [0.05, 0.1) is 23.3 Å². The van der Waals surface area contributed by atoms with E-state index in [0.29, 0.717) is 5.76 Å². The van der Waals surface area contributed by atoms with E-state index < -0.39 is 11.4 Å². The van der Waals surface area contributed by atoms with Crippen LogP contribution in [0.1, 0.15) is 37.3 Å². The maximum absolute atomic E-state index is 13.7. The summed E-state index contributed by atoms with van der Waals surface area (Å²) in [6, 6.07) is 15.1. The molecule has 3 aromatic rings. The summed E-state index contributed by atoms with van der Waals surface area (Å²) in [7, 11) is 0. The first-order valence-electron chi connectivity index (χ1n) is 10.1. The first-order valence-corrected chi connectivity index (χ1v) is 10.6. The van der Waals surface area contributed by atoms with Gasteiger partial charge in [-0.25, -0.2) is 0 Å². The number of halogens is 1. The SMILES string of the molecule is CC(Cl)C(=O)N(CC(=O)N1c2ccccc2-n2cccc2C1c1ccco1)C1CC1. The Morgan fingerprint density at radius 2 is 1.90 bits per heavy atom. The third-order valence-corrected chi connectivity index (χ3v) is 5.90. The molecule has 0 bridgehead atoms. The predicted molar refractivity (Wildman–Crippen MR) is 114 cm³/mol. The predicted octanol–water partition coefficient (Wildman–Crippen LogP) is 4.12. The largest absolute Gasteiger partial charge is 0.467 e. The number of aromatic nitrogens is 1. The molecule has 7 heteroatoms. The second-order valence-electron chi connectivity index (χ2n) is 7.79. The standard InChI is InChI=1S/C23H22ClN3O3/c1-15(24)23(29)26(16-10-11-16)14-21(28)27-18-7-3-2-6-17(18)25-12-4-8-19(25)22(27)20-9-5-13-30-20/h2-9,12-13,15-16,22H,10-11,14H2,1H3. The van der Waals surface area contributed by atoms with Crippen molar-refractivity contribution in [2.24, 2.45) is 0 Å². The van der Waals surface area contributed by atoms with Gasteiger partial charge >= 0.3 is 0 Å². The fourth-order valence-corrected chi connectivity index (χ4v) is 4.33. The van der Waals surface area contributed by atoms with E-state index in [1.807, 2.05) is 54.7 Å². The average molecular weight is 424 g/mol. The second kappa shape index (κ2) is 7.36. The molecule has 2 amide bonds. The lowest BCUT2D eigenvalue weighted by atomic mass is 10.0. The van der Waals surface area contributed by atoms with E-state index in [1.54, 1.807) is 23.0 Å². The zero-order chi connectivity index (χ0) is 20.8. The lowest BCUT2D eigenvalue weighted by Gasteiger charge is -2.38. The normalized spacial score (nSPS) is 18.5. The van der Waals surface area contributed by atoms with E-state index in [9.17, 15) is 9.59 Å². The number of amides is 2. The molecule has 2 unspecified atom stereocenters. The van der Waals surface area contributed by atoms with Gasteiger partial charge in [0.2, 0.25) is 11.8 Å². The minimum Gasteiger partial charge on any atom is -0.467 e. The molecule has 1 fully saturated rings. The molecule has 1 aliphatic heterocycles. The Bertz CT molecular complexity index is 1080.